The average molecular weight is 813 g/mol. The third-order valence-corrected chi connectivity index (χ3v) is 13.1. The number of benzene rings is 4. The van der Waals surface area contributed by atoms with Crippen molar-refractivity contribution in [3.63, 3.8) is 0 Å². The molecule has 0 amide bonds. The second-order valence-corrected chi connectivity index (χ2v) is 17.9. The SMILES string of the molecule is CCCCCCCCC(=O)c1c2c(c(C(=O)CCCCCCCC)c3ccccc13)=c1c(C(=O)CCCCCCCC)c3ccccc3c(C(=O)CCCCCCCC)c1=2. The van der Waals surface area contributed by atoms with Gasteiger partial charge in [-0.2, -0.15) is 0 Å². The third kappa shape index (κ3) is 11.7. The van der Waals surface area contributed by atoms with E-state index in [0.717, 1.165) is 119 Å². The van der Waals surface area contributed by atoms with E-state index in [9.17, 15) is 19.2 Å². The van der Waals surface area contributed by atoms with Crippen LogP contribution in [0.4, 0.5) is 0 Å². The number of hydrogen-bond acceptors (Lipinski definition) is 4. The zero-order valence-electron chi connectivity index (χ0n) is 38.1. The van der Waals surface area contributed by atoms with Crippen molar-refractivity contribution in [1.82, 2.24) is 0 Å². The van der Waals surface area contributed by atoms with Crippen LogP contribution in [0.1, 0.15) is 249 Å². The quantitative estimate of drug-likeness (QED) is 0.0320. The Balaban J connectivity index is 1.77. The topological polar surface area (TPSA) is 68.3 Å². The summed E-state index contributed by atoms with van der Waals surface area (Å²) in [4.78, 5) is 59.3. The summed E-state index contributed by atoms with van der Waals surface area (Å²) in [5.41, 5.74) is 2.54. The zero-order valence-corrected chi connectivity index (χ0v) is 38.1. The van der Waals surface area contributed by atoms with Gasteiger partial charge in [-0.1, -0.05) is 205 Å². The minimum atomic E-state index is 0.0703. The van der Waals surface area contributed by atoms with Gasteiger partial charge in [0.1, 0.15) is 0 Å². The van der Waals surface area contributed by atoms with Crippen molar-refractivity contribution in [3.8, 4) is 0 Å². The van der Waals surface area contributed by atoms with Crippen molar-refractivity contribution in [3.05, 3.63) is 91.7 Å². The first-order chi connectivity index (χ1) is 29.4. The summed E-state index contributed by atoms with van der Waals surface area (Å²) in [5.74, 6) is 0.281. The molecule has 60 heavy (non-hydrogen) atoms. The van der Waals surface area contributed by atoms with Crippen LogP contribution in [0.15, 0.2) is 48.5 Å². The van der Waals surface area contributed by atoms with Crippen LogP contribution in [0.25, 0.3) is 21.5 Å². The fraction of sp³-hybridized carbons (Fsp3) is 0.571. The molecule has 0 saturated carbocycles. The van der Waals surface area contributed by atoms with Gasteiger partial charge in [0.2, 0.25) is 0 Å². The average Bonchev–Trinajstić information content (AvgIpc) is 3.26. The van der Waals surface area contributed by atoms with Crippen molar-refractivity contribution in [2.45, 2.75) is 207 Å². The van der Waals surface area contributed by atoms with Crippen LogP contribution in [0.5, 0.6) is 0 Å². The second kappa shape index (κ2) is 25.1. The Morgan fingerprint density at radius 2 is 0.467 bits per heavy atom. The van der Waals surface area contributed by atoms with E-state index >= 15 is 0 Å². The number of unbranched alkanes of at least 4 members (excludes halogenated alkanes) is 20. The molecular weight excluding hydrogens is 737 g/mol. The first-order valence-corrected chi connectivity index (χ1v) is 24.7. The number of hydrogen-bond donors (Lipinski definition) is 0. The van der Waals surface area contributed by atoms with Gasteiger partial charge in [-0.05, 0) is 47.2 Å². The molecule has 4 aromatic rings. The van der Waals surface area contributed by atoms with E-state index in [1.54, 1.807) is 0 Å². The number of carbonyl (C=O) groups excluding carboxylic acids is 4. The first kappa shape index (κ1) is 47.1. The monoisotopic (exact) mass is 813 g/mol. The highest BCUT2D eigenvalue weighted by atomic mass is 16.1. The summed E-state index contributed by atoms with van der Waals surface area (Å²) >= 11 is 0. The first-order valence-electron chi connectivity index (χ1n) is 24.7. The summed E-state index contributed by atoms with van der Waals surface area (Å²) in [6.07, 6.45) is 27.6. The number of fused-ring (bicyclic) bond motifs is 4. The molecule has 0 spiro atoms. The van der Waals surface area contributed by atoms with Gasteiger partial charge in [-0.3, -0.25) is 19.2 Å². The second-order valence-electron chi connectivity index (χ2n) is 17.9. The molecule has 0 aromatic heterocycles. The zero-order chi connectivity index (χ0) is 42.7. The summed E-state index contributed by atoms with van der Waals surface area (Å²) in [5, 5.41) is 6.18. The lowest BCUT2D eigenvalue weighted by Crippen LogP contribution is -2.18. The van der Waals surface area contributed by atoms with Crippen LogP contribution in [0.3, 0.4) is 0 Å². The van der Waals surface area contributed by atoms with E-state index in [0.29, 0.717) is 47.9 Å². The molecule has 0 atom stereocenters. The Kier molecular flexibility index (Phi) is 19.7. The molecule has 324 valence electrons. The van der Waals surface area contributed by atoms with Gasteiger partial charge in [-0.15, -0.1) is 0 Å². The van der Waals surface area contributed by atoms with Crippen LogP contribution in [0.2, 0.25) is 0 Å². The molecule has 0 unspecified atom stereocenters. The molecule has 5 rings (SSSR count). The molecule has 0 bridgehead atoms. The maximum absolute atomic E-state index is 14.8. The van der Waals surface area contributed by atoms with Crippen molar-refractivity contribution >= 4 is 44.7 Å². The van der Waals surface area contributed by atoms with Gasteiger partial charge in [0, 0.05) is 68.8 Å². The minimum absolute atomic E-state index is 0.0703. The van der Waals surface area contributed by atoms with Crippen molar-refractivity contribution in [2.75, 3.05) is 0 Å². The summed E-state index contributed by atoms with van der Waals surface area (Å²) < 4.78 is 0. The van der Waals surface area contributed by atoms with Gasteiger partial charge < -0.3 is 0 Å². The Morgan fingerprint density at radius 1 is 0.283 bits per heavy atom. The molecule has 0 aliphatic heterocycles. The Morgan fingerprint density at radius 3 is 0.667 bits per heavy atom. The van der Waals surface area contributed by atoms with Gasteiger partial charge >= 0.3 is 0 Å². The van der Waals surface area contributed by atoms with Gasteiger partial charge in [0.25, 0.3) is 0 Å². The summed E-state index contributed by atoms with van der Waals surface area (Å²) in [6.45, 7) is 8.87. The lowest BCUT2D eigenvalue weighted by molar-refractivity contribution is 0.0965. The van der Waals surface area contributed by atoms with E-state index < -0.39 is 0 Å². The molecule has 0 radical (unpaired) electrons. The van der Waals surface area contributed by atoms with E-state index in [-0.39, 0.29) is 23.1 Å². The van der Waals surface area contributed by atoms with E-state index in [1.807, 2.05) is 48.5 Å². The number of rotatable bonds is 32. The molecule has 0 fully saturated rings. The number of Topliss-reactive ketones (excluding diaryl/α,β-unsaturated/α-hetero) is 4. The molecule has 0 saturated heterocycles. The van der Waals surface area contributed by atoms with E-state index in [1.165, 1.54) is 77.0 Å². The summed E-state index contributed by atoms with van der Waals surface area (Å²) in [7, 11) is 0. The maximum Gasteiger partial charge on any atom is 0.164 e. The van der Waals surface area contributed by atoms with Crippen LogP contribution >= 0.6 is 0 Å². The van der Waals surface area contributed by atoms with Crippen LogP contribution < -0.4 is 0 Å². The van der Waals surface area contributed by atoms with Gasteiger partial charge in [0.15, 0.2) is 23.1 Å². The Bertz CT molecular complexity index is 1920. The minimum Gasteiger partial charge on any atom is -0.294 e. The van der Waals surface area contributed by atoms with E-state index in [4.69, 9.17) is 0 Å². The fourth-order valence-corrected chi connectivity index (χ4v) is 9.74. The fourth-order valence-electron chi connectivity index (χ4n) is 9.74. The lowest BCUT2D eigenvalue weighted by Gasteiger charge is -2.23. The highest BCUT2D eigenvalue weighted by Crippen LogP contribution is 2.39. The molecule has 0 heterocycles. The molecule has 0 N–H and O–H groups in total. The highest BCUT2D eigenvalue weighted by Gasteiger charge is 2.30. The van der Waals surface area contributed by atoms with E-state index in [2.05, 4.69) is 27.7 Å². The van der Waals surface area contributed by atoms with Crippen LogP contribution in [0, 0.1) is 20.9 Å². The maximum atomic E-state index is 14.8. The predicted octanol–water partition coefficient (Wildman–Crippen LogP) is 16.6. The van der Waals surface area contributed by atoms with Crippen LogP contribution in [-0.2, 0) is 0 Å². The molecular formula is C56H76O4. The Hall–Kier alpha value is -3.92. The highest BCUT2D eigenvalue weighted by molar-refractivity contribution is 6.19. The number of ketones is 4. The van der Waals surface area contributed by atoms with Gasteiger partial charge in [0.05, 0.1) is 0 Å². The number of carbonyl (C=O) groups is 4. The van der Waals surface area contributed by atoms with Gasteiger partial charge in [-0.25, -0.2) is 0 Å². The third-order valence-electron chi connectivity index (χ3n) is 13.1. The molecule has 4 nitrogen and oxygen atoms in total. The standard InChI is InChI=1S/C56H76O4/c1-5-9-13-17-21-25-37-45(57)49-41-33-29-30-34-42(41)50(46(58)38-26-22-18-14-10-6-2)54-53(49)55-51(47(59)39-27-23-19-15-11-7-3)43-35-31-32-36-44(43)52(56(54)55)48(60)40-28-24-20-16-12-8-4/h29-36H,5-28,37-40H2,1-4H3. The lowest BCUT2D eigenvalue weighted by atomic mass is 9.78. The molecule has 4 heteroatoms. The molecule has 1 aliphatic carbocycles. The van der Waals surface area contributed by atoms with Crippen molar-refractivity contribution in [2.24, 2.45) is 0 Å². The van der Waals surface area contributed by atoms with Crippen LogP contribution in [-0.4, -0.2) is 23.1 Å². The van der Waals surface area contributed by atoms with Crippen molar-refractivity contribution in [1.29, 1.82) is 0 Å². The largest absolute Gasteiger partial charge is 0.294 e. The molecule has 4 aromatic carbocycles. The Labute approximate surface area is 361 Å². The smallest absolute Gasteiger partial charge is 0.164 e. The molecule has 1 aliphatic rings. The predicted molar refractivity (Wildman–Crippen MR) is 253 cm³/mol. The van der Waals surface area contributed by atoms with Crippen molar-refractivity contribution < 1.29 is 19.2 Å². The summed E-state index contributed by atoms with van der Waals surface area (Å²) in [6, 6.07) is 15.9. The normalized spacial score (nSPS) is 11.8.